The zero-order chi connectivity index (χ0) is 36.2. The lowest BCUT2D eigenvalue weighted by atomic mass is 9.96. The van der Waals surface area contributed by atoms with Gasteiger partial charge in [-0.05, 0) is 35.2 Å². The second-order valence-electron chi connectivity index (χ2n) is 14.0. The van der Waals surface area contributed by atoms with Crippen molar-refractivity contribution in [3.8, 4) is 11.5 Å². The number of carbonyl (C=O) groups excluding carboxylic acids is 1. The summed E-state index contributed by atoms with van der Waals surface area (Å²) in [6.07, 6.45) is -1.49. The summed E-state index contributed by atoms with van der Waals surface area (Å²) in [6, 6.07) is 10.9. The molecule has 15 heteroatoms. The Morgan fingerprint density at radius 1 is 0.959 bits per heavy atom. The van der Waals surface area contributed by atoms with Crippen LogP contribution in [0.5, 0.6) is 0 Å². The Balaban J connectivity index is 0.00000265. The van der Waals surface area contributed by atoms with E-state index in [0.717, 1.165) is 31.9 Å². The molecule has 2 fully saturated rings. The van der Waals surface area contributed by atoms with Gasteiger partial charge in [0, 0.05) is 63.5 Å². The van der Waals surface area contributed by atoms with Crippen LogP contribution in [-0.4, -0.2) is 97.7 Å². The van der Waals surface area contributed by atoms with E-state index in [1.165, 1.54) is 39.8 Å². The highest BCUT2D eigenvalue weighted by molar-refractivity contribution is 7.91. The molecule has 1 aromatic heterocycles. The van der Waals surface area contributed by atoms with Gasteiger partial charge in [0.15, 0.2) is 9.84 Å². The zero-order valence-electron chi connectivity index (χ0n) is 29.1. The number of urea groups is 1. The van der Waals surface area contributed by atoms with Crippen LogP contribution in [0.25, 0.3) is 11.5 Å². The maximum atomic E-state index is 15.4. The molecule has 2 aliphatic rings. The van der Waals surface area contributed by atoms with Crippen molar-refractivity contribution in [2.24, 2.45) is 5.41 Å². The number of anilines is 1. The third kappa shape index (κ3) is 10.5. The van der Waals surface area contributed by atoms with Gasteiger partial charge in [-0.25, -0.2) is 17.6 Å². The predicted octanol–water partition coefficient (Wildman–Crippen LogP) is 7.29. The molecule has 0 saturated carbocycles. The van der Waals surface area contributed by atoms with Crippen molar-refractivity contribution < 1.29 is 35.2 Å². The van der Waals surface area contributed by atoms with Gasteiger partial charge in [0.2, 0.25) is 5.89 Å². The minimum Gasteiger partial charge on any atom is -0.413 e. The summed E-state index contributed by atoms with van der Waals surface area (Å²) >= 11 is 0. The minimum atomic E-state index is -4.84. The van der Waals surface area contributed by atoms with Crippen molar-refractivity contribution in [1.82, 2.24) is 20.0 Å². The number of amides is 2. The third-order valence-corrected chi connectivity index (χ3v) is 13.9. The van der Waals surface area contributed by atoms with E-state index in [0.29, 0.717) is 5.69 Å². The average molecular weight is 729 g/mol. The fourth-order valence-electron chi connectivity index (χ4n) is 5.98. The van der Waals surface area contributed by atoms with Crippen molar-refractivity contribution in [2.45, 2.75) is 53.5 Å². The van der Waals surface area contributed by atoms with Crippen LogP contribution >= 0.6 is 7.26 Å². The van der Waals surface area contributed by atoms with E-state index in [2.05, 4.69) is 47.0 Å². The Hall–Kier alpha value is -3.09. The molecule has 0 N–H and O–H groups in total. The molecule has 0 atom stereocenters. The van der Waals surface area contributed by atoms with Crippen LogP contribution in [0.15, 0.2) is 46.9 Å². The molecule has 0 bridgehead atoms. The highest BCUT2D eigenvalue weighted by Gasteiger charge is 2.39. The number of benzene rings is 2. The van der Waals surface area contributed by atoms with Gasteiger partial charge < -0.3 is 9.32 Å². The molecule has 5 rings (SSSR count). The highest BCUT2D eigenvalue weighted by Crippen LogP contribution is 2.59. The quantitative estimate of drug-likeness (QED) is 0.186. The number of carbonyl (C=O) groups is 1. The van der Waals surface area contributed by atoms with Gasteiger partial charge in [-0.1, -0.05) is 52.8 Å². The molecule has 0 spiro atoms. The van der Waals surface area contributed by atoms with Gasteiger partial charge in [0.05, 0.1) is 36.5 Å². The van der Waals surface area contributed by atoms with Crippen LogP contribution in [0, 0.1) is 11.2 Å². The molecule has 49 heavy (non-hydrogen) atoms. The Morgan fingerprint density at radius 2 is 1.57 bits per heavy atom. The van der Waals surface area contributed by atoms with Gasteiger partial charge in [-0.15, -0.1) is 10.2 Å². The summed E-state index contributed by atoms with van der Waals surface area (Å²) in [5, 5.41) is 6.37. The van der Waals surface area contributed by atoms with Crippen LogP contribution in [0.1, 0.15) is 51.6 Å². The van der Waals surface area contributed by atoms with Gasteiger partial charge >= 0.3 is 18.1 Å². The van der Waals surface area contributed by atoms with Crippen molar-refractivity contribution in [3.05, 3.63) is 65.3 Å². The molecule has 2 saturated heterocycles. The maximum Gasteiger partial charge on any atom is 0.470 e. The van der Waals surface area contributed by atoms with E-state index in [1.807, 2.05) is 38.1 Å². The SMILES string of the molecule is CC.CC(C)(C)CN1CC[P+](C)(Cc2ccc(N(Cc3ccc(-c4nnc(C(F)(F)F)o4)cc3F)C(=O)N3CCS(=O)(=O)CC3)cc2)CC1. The van der Waals surface area contributed by atoms with E-state index in [-0.39, 0.29) is 47.7 Å². The van der Waals surface area contributed by atoms with Gasteiger partial charge in [0.1, 0.15) is 5.82 Å². The molecule has 0 unspecified atom stereocenters. The number of rotatable bonds is 7. The largest absolute Gasteiger partial charge is 0.470 e. The minimum absolute atomic E-state index is 0.0188. The topological polar surface area (TPSA) is 99.8 Å². The second kappa shape index (κ2) is 15.4. The zero-order valence-corrected chi connectivity index (χ0v) is 30.8. The first-order chi connectivity index (χ1) is 22.9. The summed E-state index contributed by atoms with van der Waals surface area (Å²) in [5.41, 5.74) is 2.00. The van der Waals surface area contributed by atoms with Crippen molar-refractivity contribution in [3.63, 3.8) is 0 Å². The molecule has 270 valence electrons. The summed E-state index contributed by atoms with van der Waals surface area (Å²) in [7, 11) is -4.44. The van der Waals surface area contributed by atoms with E-state index in [1.54, 1.807) is 0 Å². The number of hydrogen-bond donors (Lipinski definition) is 0. The van der Waals surface area contributed by atoms with E-state index < -0.39 is 46.9 Å². The summed E-state index contributed by atoms with van der Waals surface area (Å²) in [4.78, 5) is 19.2. The maximum absolute atomic E-state index is 15.4. The molecule has 2 aromatic carbocycles. The van der Waals surface area contributed by atoms with Crippen LogP contribution in [0.4, 0.5) is 28.0 Å². The monoisotopic (exact) mass is 728 g/mol. The van der Waals surface area contributed by atoms with E-state index in [4.69, 9.17) is 0 Å². The lowest BCUT2D eigenvalue weighted by Gasteiger charge is -2.37. The molecule has 9 nitrogen and oxygen atoms in total. The fourth-order valence-corrected chi connectivity index (χ4v) is 10.3. The number of alkyl halides is 3. The Morgan fingerprint density at radius 3 is 2.10 bits per heavy atom. The lowest BCUT2D eigenvalue weighted by molar-refractivity contribution is -0.156. The lowest BCUT2D eigenvalue weighted by Crippen LogP contribution is -2.49. The normalized spacial score (nSPS) is 18.0. The van der Waals surface area contributed by atoms with E-state index >= 15 is 4.39 Å². The van der Waals surface area contributed by atoms with Crippen molar-refractivity contribution >= 4 is 28.8 Å². The molecule has 3 heterocycles. The molecular weight excluding hydrogens is 681 g/mol. The summed E-state index contributed by atoms with van der Waals surface area (Å²) in [5.74, 6) is -3.12. The van der Waals surface area contributed by atoms with Gasteiger partial charge in [0.25, 0.3) is 0 Å². The summed E-state index contributed by atoms with van der Waals surface area (Å²) < 4.78 is 82.9. The standard InChI is InChI=1S/C32H41F4N5O4PS.C2H6/c1-31(2,3)22-39-11-15-46(4,16-12-39)21-23-5-9-26(10-6-23)41(30(42)40-13-17-47(43,44)18-14-40)20-25-8-7-24(19-27(25)33)28-37-38-29(45-28)32(34,35)36;1-2/h5-10,19H,11-18,20-22H2,1-4H3;1-2H3/q+1;. The number of nitrogens with zero attached hydrogens (tertiary/aromatic N) is 5. The van der Waals surface area contributed by atoms with Gasteiger partial charge in [-0.2, -0.15) is 13.2 Å². The third-order valence-electron chi connectivity index (χ3n) is 8.56. The number of hydrogen-bond acceptors (Lipinski definition) is 7. The van der Waals surface area contributed by atoms with Crippen LogP contribution in [0.2, 0.25) is 0 Å². The smallest absolute Gasteiger partial charge is 0.413 e. The van der Waals surface area contributed by atoms with Crippen molar-refractivity contribution in [1.29, 1.82) is 0 Å². The average Bonchev–Trinajstić information content (AvgIpc) is 3.54. The number of aromatic nitrogens is 2. The fraction of sp³-hybridized carbons (Fsp3) is 0.559. The summed E-state index contributed by atoms with van der Waals surface area (Å²) in [6.45, 7) is 16.3. The first-order valence-corrected chi connectivity index (χ1v) is 21.1. The van der Waals surface area contributed by atoms with E-state index in [9.17, 15) is 26.4 Å². The Kier molecular flexibility index (Phi) is 12.2. The second-order valence-corrected chi connectivity index (χ2v) is 20.7. The molecule has 2 aliphatic heterocycles. The Bertz CT molecular complexity index is 1670. The predicted molar refractivity (Wildman–Crippen MR) is 186 cm³/mol. The molecular formula is C34H47F4N5O4PS+. The molecule has 3 aromatic rings. The van der Waals surface area contributed by atoms with Crippen LogP contribution in [0.3, 0.4) is 0 Å². The number of halogens is 4. The molecule has 0 radical (unpaired) electrons. The molecule has 2 amide bonds. The highest BCUT2D eigenvalue weighted by atomic mass is 32.2. The Labute approximate surface area is 287 Å². The molecule has 0 aliphatic carbocycles. The first kappa shape index (κ1) is 38.7. The van der Waals surface area contributed by atoms with Crippen molar-refractivity contribution in [2.75, 3.05) is 68.1 Å². The number of sulfone groups is 1. The van der Waals surface area contributed by atoms with Crippen LogP contribution < -0.4 is 4.90 Å². The van der Waals surface area contributed by atoms with Gasteiger partial charge in [-0.3, -0.25) is 9.80 Å². The van der Waals surface area contributed by atoms with Crippen LogP contribution in [-0.2, 0) is 28.7 Å². The first-order valence-electron chi connectivity index (χ1n) is 16.5.